The highest BCUT2D eigenvalue weighted by atomic mass is 16.8. The fraction of sp³-hybridized carbons (Fsp3) is 0.875. The van der Waals surface area contributed by atoms with E-state index in [9.17, 15) is 19.8 Å². The van der Waals surface area contributed by atoms with Crippen LogP contribution in [0.1, 0.15) is 61.3 Å². The summed E-state index contributed by atoms with van der Waals surface area (Å²) in [6, 6.07) is 0. The maximum Gasteiger partial charge on any atom is 0.381 e. The maximum absolute atomic E-state index is 11.9. The topological polar surface area (TPSA) is 93.1 Å². The molecule has 1 unspecified atom stereocenters. The number of hydrogen-bond donors (Lipinski definition) is 2. The average Bonchev–Trinajstić information content (AvgIpc) is 2.37. The van der Waals surface area contributed by atoms with Gasteiger partial charge in [-0.3, -0.25) is 9.59 Å². The highest BCUT2D eigenvalue weighted by molar-refractivity contribution is 5.74. The molecular weight excluding hydrogens is 288 g/mol. The summed E-state index contributed by atoms with van der Waals surface area (Å²) in [4.78, 5) is 23.8. The summed E-state index contributed by atoms with van der Waals surface area (Å²) in [5.41, 5.74) is -1.38. The SMILES string of the molecule is CCCC(O)C(C)(C)C(O)(OC(=O)C(C)C)OC(=O)C(C)C. The van der Waals surface area contributed by atoms with Gasteiger partial charge in [0.1, 0.15) is 0 Å². The molecule has 0 radical (unpaired) electrons. The molecule has 0 amide bonds. The quantitative estimate of drug-likeness (QED) is 0.526. The van der Waals surface area contributed by atoms with Crippen LogP contribution in [0, 0.1) is 17.3 Å². The molecule has 0 spiro atoms. The molecule has 22 heavy (non-hydrogen) atoms. The van der Waals surface area contributed by atoms with Crippen LogP contribution in [0.2, 0.25) is 0 Å². The van der Waals surface area contributed by atoms with Crippen molar-refractivity contribution in [2.75, 3.05) is 0 Å². The predicted octanol–water partition coefficient (Wildman–Crippen LogP) is 2.22. The zero-order chi connectivity index (χ0) is 17.7. The Kier molecular flexibility index (Phi) is 7.51. The Labute approximate surface area is 132 Å². The molecule has 0 fully saturated rings. The van der Waals surface area contributed by atoms with Gasteiger partial charge in [-0.1, -0.05) is 41.0 Å². The second-order valence-electron chi connectivity index (χ2n) is 6.76. The van der Waals surface area contributed by atoms with Crippen LogP contribution in [0.3, 0.4) is 0 Å². The zero-order valence-electron chi connectivity index (χ0n) is 14.7. The second-order valence-corrected chi connectivity index (χ2v) is 6.76. The van der Waals surface area contributed by atoms with E-state index in [2.05, 4.69) is 0 Å². The Morgan fingerprint density at radius 1 is 1.00 bits per heavy atom. The van der Waals surface area contributed by atoms with Gasteiger partial charge in [0.2, 0.25) is 0 Å². The molecule has 0 rings (SSSR count). The molecular formula is C16H30O6. The van der Waals surface area contributed by atoms with Crippen LogP contribution in [-0.4, -0.2) is 34.2 Å². The first-order chi connectivity index (χ1) is 9.89. The number of ether oxygens (including phenoxy) is 2. The van der Waals surface area contributed by atoms with E-state index in [1.165, 1.54) is 13.8 Å². The number of aliphatic hydroxyl groups is 2. The van der Waals surface area contributed by atoms with E-state index in [1.807, 2.05) is 6.92 Å². The number of carbonyl (C=O) groups excluding carboxylic acids is 2. The molecule has 0 saturated heterocycles. The maximum atomic E-state index is 11.9. The van der Waals surface area contributed by atoms with Crippen molar-refractivity contribution in [3.05, 3.63) is 0 Å². The molecule has 0 saturated carbocycles. The molecule has 0 aromatic heterocycles. The Morgan fingerprint density at radius 3 is 1.64 bits per heavy atom. The Balaban J connectivity index is 5.56. The first kappa shape index (κ1) is 20.9. The molecule has 2 N–H and O–H groups in total. The minimum Gasteiger partial charge on any atom is -0.397 e. The third kappa shape index (κ3) is 4.95. The summed E-state index contributed by atoms with van der Waals surface area (Å²) < 4.78 is 10.1. The van der Waals surface area contributed by atoms with Crippen molar-refractivity contribution in [3.8, 4) is 0 Å². The van der Waals surface area contributed by atoms with Gasteiger partial charge in [0.15, 0.2) is 0 Å². The summed E-state index contributed by atoms with van der Waals surface area (Å²) in [6.07, 6.45) is 0.0208. The molecule has 0 aliphatic rings. The molecule has 0 heterocycles. The van der Waals surface area contributed by atoms with Crippen molar-refractivity contribution in [3.63, 3.8) is 0 Å². The lowest BCUT2D eigenvalue weighted by Gasteiger charge is -2.42. The fourth-order valence-corrected chi connectivity index (χ4v) is 1.64. The Bertz CT molecular complexity index is 364. The van der Waals surface area contributed by atoms with Crippen LogP contribution < -0.4 is 0 Å². The fourth-order valence-electron chi connectivity index (χ4n) is 1.64. The van der Waals surface area contributed by atoms with Crippen LogP contribution in [0.4, 0.5) is 0 Å². The molecule has 0 aliphatic heterocycles. The molecule has 0 aliphatic carbocycles. The van der Waals surface area contributed by atoms with Crippen LogP contribution in [-0.2, 0) is 19.1 Å². The Morgan fingerprint density at radius 2 is 1.36 bits per heavy atom. The second kappa shape index (κ2) is 7.92. The van der Waals surface area contributed by atoms with Gasteiger partial charge in [0, 0.05) is 0 Å². The monoisotopic (exact) mass is 318 g/mol. The van der Waals surface area contributed by atoms with Gasteiger partial charge in [-0.2, -0.15) is 0 Å². The third-order valence-corrected chi connectivity index (χ3v) is 3.63. The van der Waals surface area contributed by atoms with Crippen molar-refractivity contribution >= 4 is 11.9 Å². The number of carbonyl (C=O) groups is 2. The van der Waals surface area contributed by atoms with Crippen molar-refractivity contribution in [1.29, 1.82) is 0 Å². The van der Waals surface area contributed by atoms with E-state index < -0.39 is 41.3 Å². The number of hydrogen-bond acceptors (Lipinski definition) is 6. The lowest BCUT2D eigenvalue weighted by Crippen LogP contribution is -2.57. The number of aliphatic hydroxyl groups excluding tert-OH is 1. The summed E-state index contributed by atoms with van der Waals surface area (Å²) in [5.74, 6) is -4.97. The highest BCUT2D eigenvalue weighted by Gasteiger charge is 2.55. The Hall–Kier alpha value is -1.14. The lowest BCUT2D eigenvalue weighted by molar-refractivity contribution is -0.386. The molecule has 130 valence electrons. The summed E-state index contributed by atoms with van der Waals surface area (Å²) >= 11 is 0. The van der Waals surface area contributed by atoms with Crippen LogP contribution in [0.5, 0.6) is 0 Å². The van der Waals surface area contributed by atoms with Gasteiger partial charge in [-0.05, 0) is 20.3 Å². The van der Waals surface area contributed by atoms with Crippen molar-refractivity contribution in [2.45, 2.75) is 73.4 Å². The minimum absolute atomic E-state index is 0.369. The van der Waals surface area contributed by atoms with E-state index in [1.54, 1.807) is 27.7 Å². The molecule has 6 nitrogen and oxygen atoms in total. The van der Waals surface area contributed by atoms with Crippen molar-refractivity contribution < 1.29 is 29.3 Å². The van der Waals surface area contributed by atoms with Gasteiger partial charge in [0.05, 0.1) is 23.4 Å². The predicted molar refractivity (Wildman–Crippen MR) is 81.5 cm³/mol. The van der Waals surface area contributed by atoms with Gasteiger partial charge in [-0.15, -0.1) is 0 Å². The van der Waals surface area contributed by atoms with E-state index in [0.717, 1.165) is 0 Å². The lowest BCUT2D eigenvalue weighted by atomic mass is 9.81. The minimum atomic E-state index is -2.52. The van der Waals surface area contributed by atoms with Crippen LogP contribution in [0.15, 0.2) is 0 Å². The molecule has 0 aromatic rings. The van der Waals surface area contributed by atoms with Crippen LogP contribution in [0.25, 0.3) is 0 Å². The van der Waals surface area contributed by atoms with Crippen molar-refractivity contribution in [1.82, 2.24) is 0 Å². The van der Waals surface area contributed by atoms with Crippen LogP contribution >= 0.6 is 0 Å². The standard InChI is InChI=1S/C16H30O6/c1-8-9-12(17)15(6,7)16(20,21-13(18)10(2)3)22-14(19)11(4)5/h10-12,17,20H,8-9H2,1-7H3. The summed E-state index contributed by atoms with van der Waals surface area (Å²) in [7, 11) is 0. The van der Waals surface area contributed by atoms with Gasteiger partial charge in [0.25, 0.3) is 0 Å². The summed E-state index contributed by atoms with van der Waals surface area (Å²) in [6.45, 7) is 11.3. The highest BCUT2D eigenvalue weighted by Crippen LogP contribution is 2.39. The zero-order valence-corrected chi connectivity index (χ0v) is 14.7. The first-order valence-electron chi connectivity index (χ1n) is 7.75. The number of rotatable bonds is 8. The summed E-state index contributed by atoms with van der Waals surface area (Å²) in [5, 5.41) is 21.0. The molecule has 0 aromatic carbocycles. The molecule has 0 bridgehead atoms. The molecule has 1 atom stereocenters. The van der Waals surface area contributed by atoms with E-state index in [4.69, 9.17) is 9.47 Å². The van der Waals surface area contributed by atoms with E-state index in [0.29, 0.717) is 12.8 Å². The van der Waals surface area contributed by atoms with E-state index >= 15 is 0 Å². The smallest absolute Gasteiger partial charge is 0.381 e. The average molecular weight is 318 g/mol. The van der Waals surface area contributed by atoms with Gasteiger partial charge < -0.3 is 19.7 Å². The van der Waals surface area contributed by atoms with E-state index in [-0.39, 0.29) is 0 Å². The normalized spacial score (nSPS) is 14.1. The van der Waals surface area contributed by atoms with Crippen molar-refractivity contribution in [2.24, 2.45) is 17.3 Å². The van der Waals surface area contributed by atoms with Gasteiger partial charge in [-0.25, -0.2) is 0 Å². The third-order valence-electron chi connectivity index (χ3n) is 3.63. The number of esters is 2. The van der Waals surface area contributed by atoms with Gasteiger partial charge >= 0.3 is 17.9 Å². The first-order valence-corrected chi connectivity index (χ1v) is 7.75. The largest absolute Gasteiger partial charge is 0.397 e. The molecule has 6 heteroatoms.